The second-order valence-corrected chi connectivity index (χ2v) is 6.84. The van der Waals surface area contributed by atoms with Crippen LogP contribution in [0.25, 0.3) is 10.8 Å². The maximum Gasteiger partial charge on any atom is 0.260 e. The Bertz CT molecular complexity index is 971. The van der Waals surface area contributed by atoms with E-state index in [1.807, 2.05) is 71.6 Å². The maximum atomic E-state index is 12.6. The quantitative estimate of drug-likeness (QED) is 0.643. The predicted molar refractivity (Wildman–Crippen MR) is 110 cm³/mol. The zero-order valence-electron chi connectivity index (χ0n) is 15.6. The lowest BCUT2D eigenvalue weighted by molar-refractivity contribution is -0.133. The molecule has 0 spiro atoms. The van der Waals surface area contributed by atoms with E-state index in [1.54, 1.807) is 0 Å². The van der Waals surface area contributed by atoms with E-state index in [-0.39, 0.29) is 12.5 Å². The molecule has 0 N–H and O–H groups in total. The molecule has 0 bridgehead atoms. The molecular formula is C23H22N2O3. The number of carbonyl (C=O) groups is 2. The van der Waals surface area contributed by atoms with Crippen LogP contribution >= 0.6 is 0 Å². The van der Waals surface area contributed by atoms with Gasteiger partial charge in [0.05, 0.1) is 0 Å². The van der Waals surface area contributed by atoms with E-state index in [4.69, 9.17) is 4.74 Å². The standard InChI is InChI=1S/C23H22N2O3/c26-16-18-8-10-20(11-9-18)24-12-14-25(15-13-24)23(27)17-28-22-7-3-5-19-4-1-2-6-21(19)22/h1-11,16H,12-15,17H2. The first-order valence-corrected chi connectivity index (χ1v) is 9.43. The third kappa shape index (κ3) is 3.83. The lowest BCUT2D eigenvalue weighted by Crippen LogP contribution is -2.50. The summed E-state index contributed by atoms with van der Waals surface area (Å²) >= 11 is 0. The summed E-state index contributed by atoms with van der Waals surface area (Å²) in [6.07, 6.45) is 0.844. The minimum absolute atomic E-state index is 0.00360. The topological polar surface area (TPSA) is 49.9 Å². The molecule has 28 heavy (non-hydrogen) atoms. The summed E-state index contributed by atoms with van der Waals surface area (Å²) in [6, 6.07) is 21.4. The van der Waals surface area contributed by atoms with Gasteiger partial charge in [-0.2, -0.15) is 0 Å². The number of anilines is 1. The molecule has 0 unspecified atom stereocenters. The van der Waals surface area contributed by atoms with E-state index in [2.05, 4.69) is 4.90 Å². The average Bonchev–Trinajstić information content (AvgIpc) is 2.77. The van der Waals surface area contributed by atoms with Crippen molar-refractivity contribution in [2.75, 3.05) is 37.7 Å². The largest absolute Gasteiger partial charge is 0.483 e. The van der Waals surface area contributed by atoms with Crippen LogP contribution in [0.2, 0.25) is 0 Å². The van der Waals surface area contributed by atoms with Crippen LogP contribution in [-0.4, -0.2) is 49.9 Å². The van der Waals surface area contributed by atoms with Crippen LogP contribution in [0.4, 0.5) is 5.69 Å². The van der Waals surface area contributed by atoms with Crippen LogP contribution < -0.4 is 9.64 Å². The number of rotatable bonds is 5. The molecule has 4 rings (SSSR count). The van der Waals surface area contributed by atoms with Crippen LogP contribution in [0, 0.1) is 0 Å². The van der Waals surface area contributed by atoms with Crippen molar-refractivity contribution in [3.63, 3.8) is 0 Å². The lowest BCUT2D eigenvalue weighted by atomic mass is 10.1. The molecule has 1 aliphatic rings. The molecule has 0 saturated carbocycles. The van der Waals surface area contributed by atoms with Gasteiger partial charge in [0, 0.05) is 42.8 Å². The van der Waals surface area contributed by atoms with Gasteiger partial charge in [-0.1, -0.05) is 36.4 Å². The Morgan fingerprint density at radius 2 is 1.61 bits per heavy atom. The fourth-order valence-corrected chi connectivity index (χ4v) is 3.53. The summed E-state index contributed by atoms with van der Waals surface area (Å²) in [4.78, 5) is 27.4. The minimum Gasteiger partial charge on any atom is -0.483 e. The number of hydrogen-bond donors (Lipinski definition) is 0. The molecule has 5 heteroatoms. The molecule has 5 nitrogen and oxygen atoms in total. The van der Waals surface area contributed by atoms with Gasteiger partial charge in [-0.25, -0.2) is 0 Å². The van der Waals surface area contributed by atoms with Crippen molar-refractivity contribution in [1.29, 1.82) is 0 Å². The molecule has 0 atom stereocenters. The van der Waals surface area contributed by atoms with Crippen molar-refractivity contribution >= 4 is 28.7 Å². The Morgan fingerprint density at radius 1 is 0.893 bits per heavy atom. The van der Waals surface area contributed by atoms with E-state index < -0.39 is 0 Å². The van der Waals surface area contributed by atoms with E-state index >= 15 is 0 Å². The van der Waals surface area contributed by atoms with Crippen LogP contribution in [0.1, 0.15) is 10.4 Å². The molecule has 1 fully saturated rings. The Morgan fingerprint density at radius 3 is 2.36 bits per heavy atom. The minimum atomic E-state index is 0.00360. The Kier molecular flexibility index (Phi) is 5.24. The number of aldehydes is 1. The van der Waals surface area contributed by atoms with Gasteiger partial charge in [-0.15, -0.1) is 0 Å². The van der Waals surface area contributed by atoms with E-state index in [9.17, 15) is 9.59 Å². The molecule has 142 valence electrons. The highest BCUT2D eigenvalue weighted by Crippen LogP contribution is 2.25. The second kappa shape index (κ2) is 8.13. The van der Waals surface area contributed by atoms with E-state index in [0.29, 0.717) is 18.7 Å². The molecule has 0 aliphatic carbocycles. The van der Waals surface area contributed by atoms with Gasteiger partial charge >= 0.3 is 0 Å². The fourth-order valence-electron chi connectivity index (χ4n) is 3.53. The van der Waals surface area contributed by atoms with Gasteiger partial charge in [-0.05, 0) is 35.7 Å². The van der Waals surface area contributed by atoms with Crippen molar-refractivity contribution < 1.29 is 14.3 Å². The van der Waals surface area contributed by atoms with E-state index in [0.717, 1.165) is 41.6 Å². The number of fused-ring (bicyclic) bond motifs is 1. The summed E-state index contributed by atoms with van der Waals surface area (Å²) < 4.78 is 5.83. The zero-order chi connectivity index (χ0) is 19.3. The number of nitrogens with zero attached hydrogens (tertiary/aromatic N) is 2. The number of ether oxygens (including phenoxy) is 1. The number of carbonyl (C=O) groups excluding carboxylic acids is 2. The first kappa shape index (κ1) is 18.0. The highest BCUT2D eigenvalue weighted by Gasteiger charge is 2.21. The van der Waals surface area contributed by atoms with Crippen LogP contribution in [0.15, 0.2) is 66.7 Å². The van der Waals surface area contributed by atoms with Gasteiger partial charge in [0.15, 0.2) is 6.61 Å². The molecular weight excluding hydrogens is 352 g/mol. The van der Waals surface area contributed by atoms with Gasteiger partial charge in [0.1, 0.15) is 12.0 Å². The molecule has 0 aromatic heterocycles. The van der Waals surface area contributed by atoms with Crippen molar-refractivity contribution in [1.82, 2.24) is 4.90 Å². The predicted octanol–water partition coefficient (Wildman–Crippen LogP) is 3.38. The lowest BCUT2D eigenvalue weighted by Gasteiger charge is -2.36. The van der Waals surface area contributed by atoms with E-state index in [1.165, 1.54) is 0 Å². The van der Waals surface area contributed by atoms with Crippen LogP contribution in [-0.2, 0) is 4.79 Å². The Labute approximate surface area is 164 Å². The fraction of sp³-hybridized carbons (Fsp3) is 0.217. The van der Waals surface area contributed by atoms with Gasteiger partial charge in [0.25, 0.3) is 5.91 Å². The molecule has 3 aromatic rings. The average molecular weight is 374 g/mol. The van der Waals surface area contributed by atoms with Gasteiger partial charge in [0.2, 0.25) is 0 Å². The van der Waals surface area contributed by atoms with Crippen molar-refractivity contribution in [2.24, 2.45) is 0 Å². The normalized spacial score (nSPS) is 14.1. The van der Waals surface area contributed by atoms with Crippen LogP contribution in [0.3, 0.4) is 0 Å². The number of piperazine rings is 1. The summed E-state index contributed by atoms with van der Waals surface area (Å²) in [7, 11) is 0. The Hall–Kier alpha value is -3.34. The molecule has 1 amide bonds. The maximum absolute atomic E-state index is 12.6. The van der Waals surface area contributed by atoms with Crippen molar-refractivity contribution in [3.05, 3.63) is 72.3 Å². The first-order chi connectivity index (χ1) is 13.7. The highest BCUT2D eigenvalue weighted by atomic mass is 16.5. The molecule has 3 aromatic carbocycles. The van der Waals surface area contributed by atoms with Gasteiger partial charge in [-0.3, -0.25) is 9.59 Å². The number of benzene rings is 3. The first-order valence-electron chi connectivity index (χ1n) is 9.43. The SMILES string of the molecule is O=Cc1ccc(N2CCN(C(=O)COc3cccc4ccccc34)CC2)cc1. The monoisotopic (exact) mass is 374 g/mol. The third-order valence-electron chi connectivity index (χ3n) is 5.13. The smallest absolute Gasteiger partial charge is 0.260 e. The molecule has 1 aliphatic heterocycles. The number of hydrogen-bond acceptors (Lipinski definition) is 4. The van der Waals surface area contributed by atoms with Crippen molar-refractivity contribution in [2.45, 2.75) is 0 Å². The van der Waals surface area contributed by atoms with Gasteiger partial charge < -0.3 is 14.5 Å². The third-order valence-corrected chi connectivity index (χ3v) is 5.13. The summed E-state index contributed by atoms with van der Waals surface area (Å²) in [5.41, 5.74) is 1.74. The highest BCUT2D eigenvalue weighted by molar-refractivity contribution is 5.88. The number of amides is 1. The molecule has 0 radical (unpaired) electrons. The zero-order valence-corrected chi connectivity index (χ0v) is 15.6. The summed E-state index contributed by atoms with van der Waals surface area (Å²) in [6.45, 7) is 2.89. The summed E-state index contributed by atoms with van der Waals surface area (Å²) in [5, 5.41) is 2.11. The van der Waals surface area contributed by atoms with Crippen molar-refractivity contribution in [3.8, 4) is 5.75 Å². The Balaban J connectivity index is 1.33. The van der Waals surface area contributed by atoms with Crippen LogP contribution in [0.5, 0.6) is 5.75 Å². The summed E-state index contributed by atoms with van der Waals surface area (Å²) in [5.74, 6) is 0.740. The second-order valence-electron chi connectivity index (χ2n) is 6.84. The molecule has 1 saturated heterocycles. The molecule has 1 heterocycles.